The Bertz CT molecular complexity index is 822. The van der Waals surface area contributed by atoms with Crippen molar-refractivity contribution < 1.29 is 20.1 Å². The van der Waals surface area contributed by atoms with Gasteiger partial charge in [0.1, 0.15) is 6.10 Å². The maximum atomic E-state index is 12.6. The highest BCUT2D eigenvalue weighted by atomic mass is 16.3. The van der Waals surface area contributed by atoms with Gasteiger partial charge < -0.3 is 20.6 Å². The number of nitrogens with one attached hydrogen (secondary N) is 1. The number of amides is 1. The molecular formula is C56H113NO4. The molecule has 0 bridgehead atoms. The molecule has 3 unspecified atom stereocenters. The predicted molar refractivity (Wildman–Crippen MR) is 269 cm³/mol. The highest BCUT2D eigenvalue weighted by Crippen LogP contribution is 2.19. The average Bonchev–Trinajstić information content (AvgIpc) is 3.26. The average molecular weight is 865 g/mol. The molecule has 5 heteroatoms. The molecule has 4 N–H and O–H groups in total. The van der Waals surface area contributed by atoms with Crippen molar-refractivity contribution in [3.05, 3.63) is 0 Å². The lowest BCUT2D eigenvalue weighted by atomic mass is 10.0. The second kappa shape index (κ2) is 52.0. The van der Waals surface area contributed by atoms with E-state index in [4.69, 9.17) is 0 Å². The van der Waals surface area contributed by atoms with E-state index in [1.54, 1.807) is 0 Å². The lowest BCUT2D eigenvalue weighted by Crippen LogP contribution is -2.49. The molecular weight excluding hydrogens is 751 g/mol. The number of aliphatic hydroxyl groups is 3. The molecule has 3 atom stereocenters. The zero-order chi connectivity index (χ0) is 44.4. The molecule has 0 aromatic carbocycles. The van der Waals surface area contributed by atoms with Crippen molar-refractivity contribution in [1.82, 2.24) is 5.32 Å². The fourth-order valence-corrected chi connectivity index (χ4v) is 9.31. The molecule has 366 valence electrons. The number of unbranched alkanes of at least 4 members (excludes halogenated alkanes) is 45. The summed E-state index contributed by atoms with van der Waals surface area (Å²) < 4.78 is 0. The first-order chi connectivity index (χ1) is 30.1. The first-order valence-corrected chi connectivity index (χ1v) is 28.3. The van der Waals surface area contributed by atoms with Crippen LogP contribution in [0.4, 0.5) is 0 Å². The fourth-order valence-electron chi connectivity index (χ4n) is 9.31. The normalized spacial score (nSPS) is 13.2. The van der Waals surface area contributed by atoms with Crippen LogP contribution in [0.1, 0.15) is 328 Å². The molecule has 0 aliphatic carbocycles. The Morgan fingerprint density at radius 1 is 0.328 bits per heavy atom. The monoisotopic (exact) mass is 864 g/mol. The van der Waals surface area contributed by atoms with E-state index in [1.165, 1.54) is 270 Å². The van der Waals surface area contributed by atoms with E-state index >= 15 is 0 Å². The molecule has 0 rings (SSSR count). The lowest BCUT2D eigenvalue weighted by Gasteiger charge is -2.23. The number of hydrogen-bond donors (Lipinski definition) is 4. The van der Waals surface area contributed by atoms with E-state index in [1.807, 2.05) is 0 Å². The van der Waals surface area contributed by atoms with Gasteiger partial charge >= 0.3 is 0 Å². The molecule has 0 aromatic rings. The Balaban J connectivity index is 3.48. The molecule has 0 saturated heterocycles. The van der Waals surface area contributed by atoms with Crippen LogP contribution in [0.25, 0.3) is 0 Å². The maximum Gasteiger partial charge on any atom is 0.249 e. The molecule has 0 aliphatic rings. The minimum atomic E-state index is -1.07. The molecule has 0 heterocycles. The second-order valence-electron chi connectivity index (χ2n) is 19.9. The Labute approximate surface area is 383 Å². The van der Waals surface area contributed by atoms with Crippen molar-refractivity contribution in [2.75, 3.05) is 6.61 Å². The van der Waals surface area contributed by atoms with Crippen LogP contribution < -0.4 is 5.32 Å². The third kappa shape index (κ3) is 47.1. The van der Waals surface area contributed by atoms with Crippen LogP contribution in [0.3, 0.4) is 0 Å². The summed E-state index contributed by atoms with van der Waals surface area (Å²) in [6.45, 7) is 4.28. The predicted octanol–water partition coefficient (Wildman–Crippen LogP) is 17.3. The number of hydrogen-bond acceptors (Lipinski definition) is 4. The van der Waals surface area contributed by atoms with Gasteiger partial charge in [0.05, 0.1) is 18.8 Å². The highest BCUT2D eigenvalue weighted by Gasteiger charge is 2.23. The Hall–Kier alpha value is -0.650. The van der Waals surface area contributed by atoms with Crippen LogP contribution in [0.5, 0.6) is 0 Å². The van der Waals surface area contributed by atoms with E-state index in [0.29, 0.717) is 12.8 Å². The smallest absolute Gasteiger partial charge is 0.249 e. The molecule has 0 fully saturated rings. The zero-order valence-corrected chi connectivity index (χ0v) is 41.8. The third-order valence-corrected chi connectivity index (χ3v) is 13.7. The summed E-state index contributed by atoms with van der Waals surface area (Å²) in [6, 6.07) is -0.707. The van der Waals surface area contributed by atoms with Crippen LogP contribution in [0.15, 0.2) is 0 Å². The quantitative estimate of drug-likeness (QED) is 0.0459. The van der Waals surface area contributed by atoms with Gasteiger partial charge in [0.25, 0.3) is 0 Å². The molecule has 0 saturated carbocycles. The number of carbonyl (C=O) groups is 1. The summed E-state index contributed by atoms with van der Waals surface area (Å²) in [7, 11) is 0. The van der Waals surface area contributed by atoms with Gasteiger partial charge in [-0.2, -0.15) is 0 Å². The standard InChI is InChI=1S/C56H113NO4/c1-3-5-7-9-11-13-15-17-19-21-23-25-26-27-28-29-30-31-33-35-37-39-41-43-45-47-49-51-55(60)56(61)57-53(52-58)54(59)50-48-46-44-42-40-38-36-34-32-24-22-20-18-16-14-12-10-8-6-4-2/h53-55,58-60H,3-52H2,1-2H3,(H,57,61). The zero-order valence-electron chi connectivity index (χ0n) is 41.8. The van der Waals surface area contributed by atoms with Crippen LogP contribution >= 0.6 is 0 Å². The van der Waals surface area contributed by atoms with E-state index in [2.05, 4.69) is 19.2 Å². The maximum absolute atomic E-state index is 12.6. The molecule has 0 radical (unpaired) electrons. The summed E-state index contributed by atoms with van der Waals surface area (Å²) in [6.07, 6.45) is 62.9. The Morgan fingerprint density at radius 2 is 0.525 bits per heavy atom. The Kier molecular flexibility index (Phi) is 51.4. The topological polar surface area (TPSA) is 89.8 Å². The van der Waals surface area contributed by atoms with Crippen molar-refractivity contribution >= 4 is 5.91 Å². The SMILES string of the molecule is CCCCCCCCCCCCCCCCCCCCCCCCCCCCCC(O)C(=O)NC(CO)C(O)CCCCCCCCCCCCCCCCCCCCCC. The summed E-state index contributed by atoms with van der Waals surface area (Å²) in [5.41, 5.74) is 0. The summed E-state index contributed by atoms with van der Waals surface area (Å²) >= 11 is 0. The highest BCUT2D eigenvalue weighted by molar-refractivity contribution is 5.80. The van der Waals surface area contributed by atoms with Crippen molar-refractivity contribution in [3.8, 4) is 0 Å². The van der Waals surface area contributed by atoms with Crippen molar-refractivity contribution in [1.29, 1.82) is 0 Å². The van der Waals surface area contributed by atoms with Crippen molar-refractivity contribution in [2.45, 2.75) is 347 Å². The Morgan fingerprint density at radius 3 is 0.738 bits per heavy atom. The van der Waals surface area contributed by atoms with Gasteiger partial charge in [0, 0.05) is 0 Å². The van der Waals surface area contributed by atoms with Gasteiger partial charge in [-0.05, 0) is 12.8 Å². The van der Waals surface area contributed by atoms with Gasteiger partial charge in [-0.25, -0.2) is 0 Å². The van der Waals surface area contributed by atoms with Gasteiger partial charge in [-0.15, -0.1) is 0 Å². The number of carbonyl (C=O) groups excluding carboxylic acids is 1. The van der Waals surface area contributed by atoms with Gasteiger partial charge in [-0.1, -0.05) is 316 Å². The molecule has 0 aliphatic heterocycles. The summed E-state index contributed by atoms with van der Waals surface area (Å²) in [4.78, 5) is 12.6. The summed E-state index contributed by atoms with van der Waals surface area (Å²) in [5, 5.41) is 33.6. The third-order valence-electron chi connectivity index (χ3n) is 13.7. The lowest BCUT2D eigenvalue weighted by molar-refractivity contribution is -0.131. The van der Waals surface area contributed by atoms with Crippen molar-refractivity contribution in [3.63, 3.8) is 0 Å². The van der Waals surface area contributed by atoms with E-state index in [-0.39, 0.29) is 6.61 Å². The molecule has 0 aromatic heterocycles. The molecule has 1 amide bonds. The van der Waals surface area contributed by atoms with Crippen molar-refractivity contribution in [2.24, 2.45) is 0 Å². The fraction of sp³-hybridized carbons (Fsp3) is 0.982. The van der Waals surface area contributed by atoms with Gasteiger partial charge in [-0.3, -0.25) is 4.79 Å². The van der Waals surface area contributed by atoms with E-state index in [0.717, 1.165) is 32.1 Å². The first-order valence-electron chi connectivity index (χ1n) is 28.3. The first kappa shape index (κ1) is 60.4. The molecule has 0 spiro atoms. The molecule has 61 heavy (non-hydrogen) atoms. The largest absolute Gasteiger partial charge is 0.394 e. The minimum Gasteiger partial charge on any atom is -0.394 e. The number of rotatable bonds is 53. The summed E-state index contributed by atoms with van der Waals surface area (Å²) in [5.74, 6) is -0.462. The minimum absolute atomic E-state index is 0.307. The van der Waals surface area contributed by atoms with Crippen LogP contribution in [-0.2, 0) is 4.79 Å². The van der Waals surface area contributed by atoms with Gasteiger partial charge in [0.15, 0.2) is 0 Å². The number of aliphatic hydroxyl groups excluding tert-OH is 3. The van der Waals surface area contributed by atoms with Crippen LogP contribution in [-0.4, -0.2) is 46.1 Å². The van der Waals surface area contributed by atoms with Crippen LogP contribution in [0.2, 0.25) is 0 Å². The molecule has 5 nitrogen and oxygen atoms in total. The van der Waals surface area contributed by atoms with Crippen LogP contribution in [0, 0.1) is 0 Å². The van der Waals surface area contributed by atoms with Gasteiger partial charge in [0.2, 0.25) is 5.91 Å². The van der Waals surface area contributed by atoms with E-state index < -0.39 is 24.2 Å². The van der Waals surface area contributed by atoms with E-state index in [9.17, 15) is 20.1 Å². The second-order valence-corrected chi connectivity index (χ2v) is 19.9.